The number of nitrogens with zero attached hydrogens (tertiary/aromatic N) is 1. The number of carbonyl (C=O) groups excluding carboxylic acids is 1. The Hall–Kier alpha value is -0.280. The van der Waals surface area contributed by atoms with Crippen molar-refractivity contribution in [3.8, 4) is 0 Å². The van der Waals surface area contributed by atoms with Crippen molar-refractivity contribution in [1.29, 1.82) is 0 Å². The molecule has 4 heteroatoms. The zero-order valence-corrected chi connectivity index (χ0v) is 15.4. The van der Waals surface area contributed by atoms with Crippen LogP contribution in [0, 0.1) is 0 Å². The maximum atomic E-state index is 11.4. The van der Waals surface area contributed by atoms with Gasteiger partial charge in [0.2, 0.25) is 0 Å². The minimum atomic E-state index is -0.159. The largest absolute Gasteiger partial charge is 1.00 e. The zero-order chi connectivity index (χ0) is 15.4. The van der Waals surface area contributed by atoms with E-state index in [9.17, 15) is 4.79 Å². The van der Waals surface area contributed by atoms with Crippen LogP contribution in [0.2, 0.25) is 0 Å². The van der Waals surface area contributed by atoms with Crippen LogP contribution in [0.4, 0.5) is 0 Å². The van der Waals surface area contributed by atoms with Gasteiger partial charge >= 0.3 is 0 Å². The second-order valence-corrected chi connectivity index (χ2v) is 7.01. The molecular weight excluding hydrogens is 284 g/mol. The Morgan fingerprint density at radius 3 is 1.57 bits per heavy atom. The number of carbonyl (C=O) groups is 1. The molecule has 0 saturated heterocycles. The van der Waals surface area contributed by atoms with Crippen LogP contribution < -0.4 is 18.1 Å². The van der Waals surface area contributed by atoms with Crippen molar-refractivity contribution in [1.82, 2.24) is 0 Å². The minimum Gasteiger partial charge on any atom is -1.00 e. The lowest BCUT2D eigenvalue weighted by molar-refractivity contribution is -0.886. The molecule has 0 rings (SSSR count). The van der Waals surface area contributed by atoms with Crippen molar-refractivity contribution in [2.45, 2.75) is 83.6 Å². The number of likely N-dealkylation sites (N-methyl/N-ethyl adjacent to an activating group) is 1. The van der Waals surface area contributed by atoms with E-state index in [1.807, 2.05) is 21.1 Å². The third kappa shape index (κ3) is 13.1. The number of unbranched alkanes of at least 4 members (excludes halogenated alkanes) is 9. The molecule has 0 aromatic carbocycles. The van der Waals surface area contributed by atoms with E-state index in [0.29, 0.717) is 4.48 Å². The van der Waals surface area contributed by atoms with Crippen LogP contribution in [0.5, 0.6) is 0 Å². The lowest BCUT2D eigenvalue weighted by atomic mass is 10.0. The van der Waals surface area contributed by atoms with E-state index in [1.54, 1.807) is 0 Å². The lowest BCUT2D eigenvalue weighted by Crippen LogP contribution is -3.00. The number of halogens is 1. The molecule has 0 radical (unpaired) electrons. The molecule has 21 heavy (non-hydrogen) atoms. The molecule has 0 aliphatic heterocycles. The topological polar surface area (TPSA) is 43.1 Å². The molecule has 2 N–H and O–H groups in total. The van der Waals surface area contributed by atoms with Gasteiger partial charge in [0.1, 0.15) is 0 Å². The fraction of sp³-hybridized carbons (Fsp3) is 0.941. The van der Waals surface area contributed by atoms with E-state index in [2.05, 4.69) is 6.92 Å². The number of primary amides is 1. The van der Waals surface area contributed by atoms with Gasteiger partial charge in [0.05, 0.1) is 21.1 Å². The van der Waals surface area contributed by atoms with Gasteiger partial charge in [-0.2, -0.15) is 0 Å². The molecule has 128 valence electrons. The van der Waals surface area contributed by atoms with Gasteiger partial charge in [-0.15, -0.1) is 0 Å². The summed E-state index contributed by atoms with van der Waals surface area (Å²) in [7, 11) is 6.14. The van der Waals surface area contributed by atoms with E-state index >= 15 is 0 Å². The Kier molecular flexibility index (Phi) is 14.7. The Labute approximate surface area is 138 Å². The van der Waals surface area contributed by atoms with Crippen molar-refractivity contribution in [3.63, 3.8) is 0 Å². The number of hydrogen-bond donors (Lipinski definition) is 1. The van der Waals surface area contributed by atoms with Gasteiger partial charge in [-0.25, -0.2) is 0 Å². The maximum Gasteiger partial charge on any atom is 0.275 e. The van der Waals surface area contributed by atoms with Gasteiger partial charge in [-0.05, 0) is 6.42 Å². The van der Waals surface area contributed by atoms with Crippen LogP contribution >= 0.6 is 0 Å². The first-order valence-corrected chi connectivity index (χ1v) is 8.50. The first kappa shape index (κ1) is 23.0. The molecule has 0 bridgehead atoms. The SMILES string of the molecule is CCCCCCCCCCCCC(C(N)=O)[N+](C)(C)C.[Cl-]. The van der Waals surface area contributed by atoms with Crippen LogP contribution in [-0.2, 0) is 4.79 Å². The van der Waals surface area contributed by atoms with Crippen molar-refractivity contribution in [2.24, 2.45) is 5.73 Å². The van der Waals surface area contributed by atoms with Crippen LogP contribution in [0.15, 0.2) is 0 Å². The lowest BCUT2D eigenvalue weighted by Gasteiger charge is -2.31. The summed E-state index contributed by atoms with van der Waals surface area (Å²) in [5.41, 5.74) is 5.49. The predicted molar refractivity (Wildman–Crippen MR) is 87.5 cm³/mol. The Morgan fingerprint density at radius 1 is 0.857 bits per heavy atom. The summed E-state index contributed by atoms with van der Waals surface area (Å²) in [6.07, 6.45) is 14.2. The van der Waals surface area contributed by atoms with E-state index in [4.69, 9.17) is 5.73 Å². The van der Waals surface area contributed by atoms with E-state index < -0.39 is 0 Å². The fourth-order valence-electron chi connectivity index (χ4n) is 2.74. The van der Waals surface area contributed by atoms with E-state index in [-0.39, 0.29) is 24.4 Å². The first-order chi connectivity index (χ1) is 9.39. The molecule has 0 aliphatic rings. The maximum absolute atomic E-state index is 11.4. The minimum absolute atomic E-state index is 0. The molecular formula is C17H37ClN2O. The summed E-state index contributed by atoms with van der Waals surface area (Å²) < 4.78 is 0.646. The smallest absolute Gasteiger partial charge is 0.275 e. The fourth-order valence-corrected chi connectivity index (χ4v) is 2.74. The number of rotatable bonds is 13. The molecule has 0 aromatic heterocycles. The van der Waals surface area contributed by atoms with Crippen LogP contribution in [0.3, 0.4) is 0 Å². The van der Waals surface area contributed by atoms with Gasteiger partial charge in [0.25, 0.3) is 5.91 Å². The molecule has 0 spiro atoms. The third-order valence-electron chi connectivity index (χ3n) is 4.09. The summed E-state index contributed by atoms with van der Waals surface area (Å²) in [5, 5.41) is 0. The number of quaternary nitrogens is 1. The van der Waals surface area contributed by atoms with Gasteiger partial charge in [0.15, 0.2) is 6.04 Å². The highest BCUT2D eigenvalue weighted by Crippen LogP contribution is 2.15. The second-order valence-electron chi connectivity index (χ2n) is 7.01. The summed E-state index contributed by atoms with van der Waals surface area (Å²) >= 11 is 0. The van der Waals surface area contributed by atoms with Gasteiger partial charge in [0, 0.05) is 6.42 Å². The molecule has 0 fully saturated rings. The van der Waals surface area contributed by atoms with Crippen LogP contribution in [-0.4, -0.2) is 37.6 Å². The van der Waals surface area contributed by atoms with Gasteiger partial charge < -0.3 is 22.6 Å². The summed E-state index contributed by atoms with van der Waals surface area (Å²) in [4.78, 5) is 11.4. The molecule has 0 aromatic rings. The van der Waals surface area contributed by atoms with E-state index in [1.165, 1.54) is 57.8 Å². The Morgan fingerprint density at radius 2 is 1.24 bits per heavy atom. The predicted octanol–water partition coefficient (Wildman–Crippen LogP) is 0.862. The average Bonchev–Trinajstić information content (AvgIpc) is 2.34. The molecule has 3 nitrogen and oxygen atoms in total. The summed E-state index contributed by atoms with van der Waals surface area (Å²) in [6.45, 7) is 2.26. The highest BCUT2D eigenvalue weighted by atomic mass is 35.5. The van der Waals surface area contributed by atoms with Gasteiger partial charge in [-0.1, -0.05) is 64.7 Å². The van der Waals surface area contributed by atoms with Crippen molar-refractivity contribution in [3.05, 3.63) is 0 Å². The highest BCUT2D eigenvalue weighted by molar-refractivity contribution is 5.78. The van der Waals surface area contributed by atoms with Crippen molar-refractivity contribution < 1.29 is 21.7 Å². The molecule has 0 aliphatic carbocycles. The average molecular weight is 321 g/mol. The summed E-state index contributed by atoms with van der Waals surface area (Å²) in [6, 6.07) is -0.0379. The zero-order valence-electron chi connectivity index (χ0n) is 14.7. The number of amides is 1. The van der Waals surface area contributed by atoms with E-state index in [0.717, 1.165) is 12.8 Å². The third-order valence-corrected chi connectivity index (χ3v) is 4.09. The molecule has 1 atom stereocenters. The molecule has 1 unspecified atom stereocenters. The quantitative estimate of drug-likeness (QED) is 0.397. The number of hydrogen-bond acceptors (Lipinski definition) is 1. The Bertz CT molecular complexity index is 252. The van der Waals surface area contributed by atoms with Crippen LogP contribution in [0.1, 0.15) is 77.6 Å². The monoisotopic (exact) mass is 320 g/mol. The molecule has 0 heterocycles. The van der Waals surface area contributed by atoms with Crippen molar-refractivity contribution >= 4 is 5.91 Å². The van der Waals surface area contributed by atoms with Crippen molar-refractivity contribution in [2.75, 3.05) is 21.1 Å². The van der Waals surface area contributed by atoms with Crippen LogP contribution in [0.25, 0.3) is 0 Å². The van der Waals surface area contributed by atoms with Gasteiger partial charge in [-0.3, -0.25) is 4.79 Å². The highest BCUT2D eigenvalue weighted by Gasteiger charge is 2.28. The summed E-state index contributed by atoms with van der Waals surface area (Å²) in [5.74, 6) is -0.159. The first-order valence-electron chi connectivity index (χ1n) is 8.50. The molecule has 1 amide bonds. The second kappa shape index (κ2) is 13.4. The standard InChI is InChI=1S/C17H36N2O.ClH/c1-5-6-7-8-9-10-11-12-13-14-15-16(17(18)20)19(2,3)4;/h16H,5-15H2,1-4H3,(H-,18,20);1H. The number of nitrogens with two attached hydrogens (primary N) is 1. The molecule has 0 saturated carbocycles. The normalized spacial score (nSPS) is 12.8. The Balaban J connectivity index is 0.